The monoisotopic (exact) mass is 553 g/mol. The maximum Gasteiger partial charge on any atom is 0.264 e. The first-order valence-electron chi connectivity index (χ1n) is 13.1. The molecule has 1 aliphatic carbocycles. The van der Waals surface area contributed by atoms with Crippen LogP contribution in [0.25, 0.3) is 16.6 Å². The van der Waals surface area contributed by atoms with Crippen LogP contribution in [0.2, 0.25) is 0 Å². The summed E-state index contributed by atoms with van der Waals surface area (Å²) in [5.74, 6) is 0.223. The van der Waals surface area contributed by atoms with Gasteiger partial charge in [-0.25, -0.2) is 17.5 Å². The molecule has 4 aromatic rings. The van der Waals surface area contributed by atoms with E-state index in [0.29, 0.717) is 31.7 Å². The van der Waals surface area contributed by atoms with Gasteiger partial charge in [-0.05, 0) is 73.2 Å². The van der Waals surface area contributed by atoms with Gasteiger partial charge in [0.2, 0.25) is 5.03 Å². The molecule has 39 heavy (non-hydrogen) atoms. The molecule has 1 atom stereocenters. The molecule has 2 aliphatic rings. The van der Waals surface area contributed by atoms with Crippen molar-refractivity contribution in [3.63, 3.8) is 0 Å². The summed E-state index contributed by atoms with van der Waals surface area (Å²) < 4.78 is 49.3. The Morgan fingerprint density at radius 3 is 2.54 bits per heavy atom. The van der Waals surface area contributed by atoms with Gasteiger partial charge in [0.25, 0.3) is 10.0 Å². The van der Waals surface area contributed by atoms with Crippen LogP contribution in [0.4, 0.5) is 4.39 Å². The minimum atomic E-state index is -3.78. The first-order valence-corrected chi connectivity index (χ1v) is 14.5. The Hall–Kier alpha value is -3.19. The molecular weight excluding hydrogens is 521 g/mol. The lowest BCUT2D eigenvalue weighted by Gasteiger charge is -2.45. The van der Waals surface area contributed by atoms with E-state index < -0.39 is 10.0 Å². The van der Waals surface area contributed by atoms with E-state index in [1.54, 1.807) is 37.2 Å². The maximum atomic E-state index is 13.5. The number of benzene rings is 2. The van der Waals surface area contributed by atoms with E-state index in [1.165, 1.54) is 27.4 Å². The van der Waals surface area contributed by atoms with Crippen molar-refractivity contribution in [2.45, 2.75) is 36.9 Å². The highest BCUT2D eigenvalue weighted by Crippen LogP contribution is 2.37. The Kier molecular flexibility index (Phi) is 6.74. The van der Waals surface area contributed by atoms with Gasteiger partial charge in [-0.3, -0.25) is 4.90 Å². The first-order chi connectivity index (χ1) is 18.7. The summed E-state index contributed by atoms with van der Waals surface area (Å²) in [4.78, 5) is 3.68. The minimum Gasteiger partial charge on any atom is -0.381 e. The fourth-order valence-electron chi connectivity index (χ4n) is 5.80. The highest BCUT2D eigenvalue weighted by molar-refractivity contribution is 7.89. The van der Waals surface area contributed by atoms with E-state index in [2.05, 4.69) is 39.3 Å². The van der Waals surface area contributed by atoms with Crippen LogP contribution in [0.1, 0.15) is 30.0 Å². The molecule has 3 heterocycles. The van der Waals surface area contributed by atoms with E-state index in [9.17, 15) is 12.8 Å². The second kappa shape index (κ2) is 10.1. The van der Waals surface area contributed by atoms with Crippen molar-refractivity contribution in [2.24, 2.45) is 13.0 Å². The van der Waals surface area contributed by atoms with Crippen LogP contribution < -0.4 is 0 Å². The minimum absolute atomic E-state index is 0.0353. The fraction of sp³-hybridized carbons (Fsp3) is 0.444. The molecular formula is C27H32FN7O3S. The maximum absolute atomic E-state index is 13.5. The number of sulfonamides is 1. The Morgan fingerprint density at radius 1 is 1.08 bits per heavy atom. The molecule has 2 aromatic heterocycles. The number of fused-ring (bicyclic) bond motifs is 1. The summed E-state index contributed by atoms with van der Waals surface area (Å²) in [5, 5.41) is 13.5. The predicted octanol–water partition coefficient (Wildman–Crippen LogP) is 3.07. The normalized spacial score (nSPS) is 22.8. The summed E-state index contributed by atoms with van der Waals surface area (Å²) in [6.45, 7) is 4.26. The third kappa shape index (κ3) is 4.86. The molecule has 1 aliphatic heterocycles. The number of methoxy groups -OCH3 is 1. The number of nitrogens with zero attached hydrogens (tertiary/aromatic N) is 7. The Labute approximate surface area is 227 Å². The summed E-state index contributed by atoms with van der Waals surface area (Å²) in [5.41, 5.74) is 3.80. The van der Waals surface area contributed by atoms with Crippen molar-refractivity contribution in [3.05, 3.63) is 65.7 Å². The SMILES string of the molecule is CO[C@H]1C[C@@H](CN2CCN(S(=O)(=O)c3cnn(C)n3)C[C@H]2c2cc3cnn(-c4ccc(F)cc4)c3cc2C)C1. The Morgan fingerprint density at radius 2 is 1.85 bits per heavy atom. The van der Waals surface area contributed by atoms with Gasteiger partial charge in [-0.15, -0.1) is 5.10 Å². The van der Waals surface area contributed by atoms with Crippen LogP contribution in [-0.2, 0) is 21.8 Å². The molecule has 0 spiro atoms. The van der Waals surface area contributed by atoms with Crippen LogP contribution in [0.3, 0.4) is 0 Å². The quantitative estimate of drug-likeness (QED) is 0.347. The number of ether oxygens (including phenoxy) is 1. The number of aryl methyl sites for hydroxylation is 2. The van der Waals surface area contributed by atoms with E-state index >= 15 is 0 Å². The van der Waals surface area contributed by atoms with Gasteiger partial charge in [-0.1, -0.05) is 0 Å². The molecule has 0 amide bonds. The molecule has 2 fully saturated rings. The number of rotatable bonds is 7. The van der Waals surface area contributed by atoms with Gasteiger partial charge in [0.05, 0.1) is 29.7 Å². The third-order valence-corrected chi connectivity index (χ3v) is 9.77. The highest BCUT2D eigenvalue weighted by Gasteiger charge is 2.39. The predicted molar refractivity (Wildman–Crippen MR) is 143 cm³/mol. The molecule has 206 valence electrons. The van der Waals surface area contributed by atoms with Crippen LogP contribution in [0, 0.1) is 18.7 Å². The number of hydrogen-bond acceptors (Lipinski definition) is 7. The second-order valence-corrected chi connectivity index (χ2v) is 12.4. The van der Waals surface area contributed by atoms with Gasteiger partial charge < -0.3 is 4.74 Å². The number of hydrogen-bond donors (Lipinski definition) is 0. The zero-order valence-electron chi connectivity index (χ0n) is 22.2. The molecule has 10 nitrogen and oxygen atoms in total. The van der Waals surface area contributed by atoms with Crippen LogP contribution in [0.5, 0.6) is 0 Å². The van der Waals surface area contributed by atoms with Crippen molar-refractivity contribution < 1.29 is 17.5 Å². The summed E-state index contributed by atoms with van der Waals surface area (Å²) in [6, 6.07) is 10.3. The average Bonchev–Trinajstić information content (AvgIpc) is 3.52. The second-order valence-electron chi connectivity index (χ2n) is 10.5. The van der Waals surface area contributed by atoms with Crippen LogP contribution >= 0.6 is 0 Å². The number of aromatic nitrogens is 5. The van der Waals surface area contributed by atoms with Crippen molar-refractivity contribution in [1.29, 1.82) is 0 Å². The lowest BCUT2D eigenvalue weighted by molar-refractivity contribution is -0.0216. The van der Waals surface area contributed by atoms with E-state index in [-0.39, 0.29) is 16.9 Å². The van der Waals surface area contributed by atoms with E-state index in [0.717, 1.165) is 47.1 Å². The lowest BCUT2D eigenvalue weighted by atomic mass is 9.81. The molecule has 1 saturated carbocycles. The molecule has 0 unspecified atom stereocenters. The molecule has 0 N–H and O–H groups in total. The Balaban J connectivity index is 1.35. The topological polar surface area (TPSA) is 98.4 Å². The molecule has 1 saturated heterocycles. The average molecular weight is 554 g/mol. The molecule has 2 aromatic carbocycles. The smallest absolute Gasteiger partial charge is 0.264 e. The first kappa shape index (κ1) is 26.1. The zero-order chi connectivity index (χ0) is 27.3. The van der Waals surface area contributed by atoms with E-state index in [4.69, 9.17) is 4.74 Å². The Bertz CT molecular complexity index is 1600. The van der Waals surface area contributed by atoms with Gasteiger partial charge in [0, 0.05) is 51.8 Å². The van der Waals surface area contributed by atoms with Crippen molar-refractivity contribution in [2.75, 3.05) is 33.3 Å². The van der Waals surface area contributed by atoms with Gasteiger partial charge >= 0.3 is 0 Å². The van der Waals surface area contributed by atoms with Crippen molar-refractivity contribution >= 4 is 20.9 Å². The summed E-state index contributed by atoms with van der Waals surface area (Å²) >= 11 is 0. The third-order valence-electron chi connectivity index (χ3n) is 8.04. The molecule has 0 radical (unpaired) electrons. The number of piperazine rings is 1. The molecule has 12 heteroatoms. The standard InChI is InChI=1S/C27H32FN7O3S/c1-18-10-25-20(14-30-35(25)22-6-4-21(28)5-7-22)13-24(18)26-17-34(39(36,37)27-15-29-32(2)31-27)9-8-33(26)16-19-11-23(12-19)38-3/h4-7,10,13-15,19,23,26H,8-9,11-12,16-17H2,1-3H3/t19-,23+,26-/m0/s1. The highest BCUT2D eigenvalue weighted by atomic mass is 32.2. The number of halogens is 1. The van der Waals surface area contributed by atoms with Crippen LogP contribution in [-0.4, -0.2) is 81.8 Å². The van der Waals surface area contributed by atoms with Gasteiger partial charge in [0.15, 0.2) is 0 Å². The largest absolute Gasteiger partial charge is 0.381 e. The van der Waals surface area contributed by atoms with Crippen LogP contribution in [0.15, 0.2) is 53.8 Å². The van der Waals surface area contributed by atoms with Crippen molar-refractivity contribution in [1.82, 2.24) is 34.0 Å². The van der Waals surface area contributed by atoms with E-state index in [1.807, 2.05) is 0 Å². The lowest BCUT2D eigenvalue weighted by Crippen LogP contribution is -2.52. The van der Waals surface area contributed by atoms with Crippen molar-refractivity contribution in [3.8, 4) is 5.69 Å². The molecule has 6 rings (SSSR count). The fourth-order valence-corrected chi connectivity index (χ4v) is 7.12. The van der Waals surface area contributed by atoms with Gasteiger partial charge in [-0.2, -0.15) is 19.3 Å². The van der Waals surface area contributed by atoms with Gasteiger partial charge in [0.1, 0.15) is 5.82 Å². The summed E-state index contributed by atoms with van der Waals surface area (Å²) in [6.07, 6.45) is 5.45. The molecule has 0 bridgehead atoms. The summed E-state index contributed by atoms with van der Waals surface area (Å²) in [7, 11) is -0.422. The zero-order valence-corrected chi connectivity index (χ0v) is 23.1.